The number of ketones is 1. The van der Waals surface area contributed by atoms with Crippen LogP contribution in [0.2, 0.25) is 0 Å². The van der Waals surface area contributed by atoms with E-state index in [1.54, 1.807) is 31.4 Å². The second-order valence-electron chi connectivity index (χ2n) is 9.11. The molecule has 36 heavy (non-hydrogen) atoms. The molecule has 0 aromatic heterocycles. The fraction of sp³-hybridized carbons (Fsp3) is 0.481. The molecular weight excluding hydrogens is 473 g/mol. The fourth-order valence-corrected chi connectivity index (χ4v) is 4.34. The number of Topliss-reactive ketones (excluding diaryl/α,β-unsaturated/α-hetero) is 1. The monoisotopic (exact) mass is 506 g/mol. The van der Waals surface area contributed by atoms with E-state index in [1.807, 2.05) is 0 Å². The Kier molecular flexibility index (Phi) is 9.89. The average molecular weight is 507 g/mol. The molecule has 0 aliphatic carbocycles. The first-order valence-corrected chi connectivity index (χ1v) is 12.2. The first kappa shape index (κ1) is 27.7. The molecule has 2 N–H and O–H groups in total. The SMILES string of the molecule is COc1ccc(C(=O)CCCCC(=O)N[C@H](CN2CCCC2)[C@H](O)c2ccc(C(F)(F)F)cc2)cc1. The van der Waals surface area contributed by atoms with E-state index >= 15 is 0 Å². The molecule has 1 aliphatic heterocycles. The second kappa shape index (κ2) is 12.9. The summed E-state index contributed by atoms with van der Waals surface area (Å²) in [6.45, 7) is 2.10. The lowest BCUT2D eigenvalue weighted by atomic mass is 9.99. The number of carbonyl (C=O) groups is 2. The van der Waals surface area contributed by atoms with Crippen LogP contribution in [0.4, 0.5) is 13.2 Å². The van der Waals surface area contributed by atoms with Crippen LogP contribution in [-0.2, 0) is 11.0 Å². The molecule has 1 saturated heterocycles. The number of ether oxygens (including phenoxy) is 1. The number of methoxy groups -OCH3 is 1. The third-order valence-corrected chi connectivity index (χ3v) is 6.43. The summed E-state index contributed by atoms with van der Waals surface area (Å²) >= 11 is 0. The molecule has 1 amide bonds. The zero-order chi connectivity index (χ0) is 26.1. The standard InChI is InChI=1S/C27H33F3N2O4/c1-36-22-14-10-19(11-15-22)24(33)6-2-3-7-25(34)31-23(18-32-16-4-5-17-32)26(35)20-8-12-21(13-9-20)27(28,29)30/h8-15,23,26,35H,2-7,16-18H2,1H3,(H,31,34)/t23-,26-/m1/s1. The highest BCUT2D eigenvalue weighted by atomic mass is 19.4. The number of amides is 1. The Morgan fingerprint density at radius 2 is 1.61 bits per heavy atom. The normalized spacial score (nSPS) is 15.9. The zero-order valence-electron chi connectivity index (χ0n) is 20.4. The van der Waals surface area contributed by atoms with E-state index in [4.69, 9.17) is 4.74 Å². The smallest absolute Gasteiger partial charge is 0.416 e. The van der Waals surface area contributed by atoms with E-state index in [1.165, 1.54) is 12.1 Å². The van der Waals surface area contributed by atoms with Gasteiger partial charge in [-0.15, -0.1) is 0 Å². The zero-order valence-corrected chi connectivity index (χ0v) is 20.4. The molecule has 2 aromatic rings. The molecule has 1 heterocycles. The minimum atomic E-state index is -4.46. The summed E-state index contributed by atoms with van der Waals surface area (Å²) in [5, 5.41) is 13.8. The van der Waals surface area contributed by atoms with Crippen LogP contribution in [0.25, 0.3) is 0 Å². The van der Waals surface area contributed by atoms with Gasteiger partial charge in [0.15, 0.2) is 5.78 Å². The van der Waals surface area contributed by atoms with Crippen LogP contribution in [0.1, 0.15) is 66.1 Å². The van der Waals surface area contributed by atoms with Crippen LogP contribution in [0.3, 0.4) is 0 Å². The molecule has 9 heteroatoms. The van der Waals surface area contributed by atoms with Crippen molar-refractivity contribution in [1.82, 2.24) is 10.2 Å². The quantitative estimate of drug-likeness (QED) is 0.320. The van der Waals surface area contributed by atoms with Gasteiger partial charge in [-0.1, -0.05) is 12.1 Å². The lowest BCUT2D eigenvalue weighted by Gasteiger charge is -2.29. The number of alkyl halides is 3. The highest BCUT2D eigenvalue weighted by Crippen LogP contribution is 2.30. The molecule has 0 bridgehead atoms. The summed E-state index contributed by atoms with van der Waals surface area (Å²) in [5.41, 5.74) is 0.117. The number of hydrogen-bond donors (Lipinski definition) is 2. The Morgan fingerprint density at radius 3 is 2.19 bits per heavy atom. The van der Waals surface area contributed by atoms with Gasteiger partial charge in [-0.25, -0.2) is 0 Å². The molecule has 0 radical (unpaired) electrons. The number of unbranched alkanes of at least 4 members (excludes halogenated alkanes) is 1. The highest BCUT2D eigenvalue weighted by molar-refractivity contribution is 5.96. The van der Waals surface area contributed by atoms with Crippen molar-refractivity contribution in [3.63, 3.8) is 0 Å². The van der Waals surface area contributed by atoms with Gasteiger partial charge in [0.05, 0.1) is 18.7 Å². The fourth-order valence-electron chi connectivity index (χ4n) is 4.34. The van der Waals surface area contributed by atoms with E-state index in [2.05, 4.69) is 10.2 Å². The molecule has 6 nitrogen and oxygen atoms in total. The van der Waals surface area contributed by atoms with E-state index in [-0.39, 0.29) is 18.1 Å². The van der Waals surface area contributed by atoms with Crippen LogP contribution < -0.4 is 10.1 Å². The van der Waals surface area contributed by atoms with Crippen molar-refractivity contribution in [3.05, 3.63) is 65.2 Å². The van der Waals surface area contributed by atoms with Gasteiger partial charge in [-0.2, -0.15) is 13.2 Å². The van der Waals surface area contributed by atoms with Crippen molar-refractivity contribution in [2.45, 2.75) is 56.8 Å². The van der Waals surface area contributed by atoms with Gasteiger partial charge < -0.3 is 20.1 Å². The van der Waals surface area contributed by atoms with Crippen LogP contribution in [0.15, 0.2) is 48.5 Å². The molecule has 2 atom stereocenters. The Labute approximate surface area is 209 Å². The van der Waals surface area contributed by atoms with Gasteiger partial charge in [-0.3, -0.25) is 9.59 Å². The Balaban J connectivity index is 1.53. The highest BCUT2D eigenvalue weighted by Gasteiger charge is 2.31. The summed E-state index contributed by atoms with van der Waals surface area (Å²) in [7, 11) is 1.56. The Hall–Kier alpha value is -2.91. The number of hydrogen-bond acceptors (Lipinski definition) is 5. The number of likely N-dealkylation sites (tertiary alicyclic amines) is 1. The van der Waals surface area contributed by atoms with Crippen LogP contribution in [0, 0.1) is 0 Å². The number of nitrogens with one attached hydrogen (secondary N) is 1. The Morgan fingerprint density at radius 1 is 1.00 bits per heavy atom. The van der Waals surface area contributed by atoms with Gasteiger partial charge in [0.2, 0.25) is 5.91 Å². The van der Waals surface area contributed by atoms with Crippen molar-refractivity contribution in [2.75, 3.05) is 26.7 Å². The second-order valence-corrected chi connectivity index (χ2v) is 9.11. The average Bonchev–Trinajstić information content (AvgIpc) is 3.38. The van der Waals surface area contributed by atoms with Gasteiger partial charge in [0.1, 0.15) is 11.9 Å². The van der Waals surface area contributed by atoms with E-state index in [0.717, 1.165) is 38.1 Å². The summed E-state index contributed by atoms with van der Waals surface area (Å²) < 4.78 is 43.8. The lowest BCUT2D eigenvalue weighted by molar-refractivity contribution is -0.137. The van der Waals surface area contributed by atoms with Crippen molar-refractivity contribution in [3.8, 4) is 5.75 Å². The first-order chi connectivity index (χ1) is 17.2. The minimum absolute atomic E-state index is 0.0114. The predicted molar refractivity (Wildman–Crippen MR) is 130 cm³/mol. The van der Waals surface area contributed by atoms with E-state index in [9.17, 15) is 27.9 Å². The van der Waals surface area contributed by atoms with Crippen molar-refractivity contribution in [1.29, 1.82) is 0 Å². The van der Waals surface area contributed by atoms with Crippen molar-refractivity contribution < 1.29 is 32.6 Å². The first-order valence-electron chi connectivity index (χ1n) is 12.2. The molecule has 196 valence electrons. The number of rotatable bonds is 12. The molecule has 3 rings (SSSR count). The maximum atomic E-state index is 12.9. The molecule has 0 saturated carbocycles. The topological polar surface area (TPSA) is 78.9 Å². The Bertz CT molecular complexity index is 988. The van der Waals surface area contributed by atoms with E-state index in [0.29, 0.717) is 42.7 Å². The van der Waals surface area contributed by atoms with Gasteiger partial charge >= 0.3 is 6.18 Å². The number of benzene rings is 2. The molecule has 0 spiro atoms. The third kappa shape index (κ3) is 8.06. The molecule has 0 unspecified atom stereocenters. The van der Waals surface area contributed by atoms with Gasteiger partial charge in [-0.05, 0) is 80.7 Å². The number of nitrogens with zero attached hydrogens (tertiary/aromatic N) is 1. The predicted octanol–water partition coefficient (Wildman–Crippen LogP) is 4.77. The summed E-state index contributed by atoms with van der Waals surface area (Å²) in [6.07, 6.45) is -2.01. The maximum absolute atomic E-state index is 12.9. The minimum Gasteiger partial charge on any atom is -0.497 e. The maximum Gasteiger partial charge on any atom is 0.416 e. The summed E-state index contributed by atoms with van der Waals surface area (Å²) in [5.74, 6) is 0.398. The van der Waals surface area contributed by atoms with Gasteiger partial charge in [0, 0.05) is 24.9 Å². The summed E-state index contributed by atoms with van der Waals surface area (Å²) in [6, 6.07) is 10.6. The number of aliphatic hydroxyl groups is 1. The number of halogens is 3. The van der Waals surface area contributed by atoms with Crippen LogP contribution >= 0.6 is 0 Å². The van der Waals surface area contributed by atoms with E-state index < -0.39 is 23.9 Å². The van der Waals surface area contributed by atoms with Gasteiger partial charge in [0.25, 0.3) is 0 Å². The molecule has 1 aliphatic rings. The summed E-state index contributed by atoms with van der Waals surface area (Å²) in [4.78, 5) is 27.1. The molecule has 1 fully saturated rings. The lowest BCUT2D eigenvalue weighted by Crippen LogP contribution is -2.46. The molecule has 2 aromatic carbocycles. The number of carbonyl (C=O) groups excluding carboxylic acids is 2. The number of aliphatic hydroxyl groups excluding tert-OH is 1. The van der Waals surface area contributed by atoms with Crippen LogP contribution in [-0.4, -0.2) is 54.5 Å². The third-order valence-electron chi connectivity index (χ3n) is 6.43. The van der Waals surface area contributed by atoms with Crippen molar-refractivity contribution >= 4 is 11.7 Å². The molecular formula is C27H33F3N2O4. The largest absolute Gasteiger partial charge is 0.497 e. The van der Waals surface area contributed by atoms with Crippen LogP contribution in [0.5, 0.6) is 5.75 Å². The van der Waals surface area contributed by atoms with Crippen molar-refractivity contribution in [2.24, 2.45) is 0 Å².